The van der Waals surface area contributed by atoms with Crippen LogP contribution in [0.1, 0.15) is 29.8 Å². The number of amides is 1. The fourth-order valence-electron chi connectivity index (χ4n) is 2.57. The zero-order valence-corrected chi connectivity index (χ0v) is 16.1. The molecule has 1 atom stereocenters. The molecule has 0 fully saturated rings. The van der Waals surface area contributed by atoms with Gasteiger partial charge in [0.15, 0.2) is 0 Å². The van der Waals surface area contributed by atoms with Crippen LogP contribution in [-0.4, -0.2) is 27.6 Å². The third-order valence-corrected chi connectivity index (χ3v) is 5.75. The smallest absolute Gasteiger partial charge is 0.260 e. The molecular weight excluding hydrogens is 407 g/mol. The van der Waals surface area contributed by atoms with Crippen molar-refractivity contribution in [1.29, 1.82) is 0 Å². The van der Waals surface area contributed by atoms with E-state index < -0.39 is 5.91 Å². The maximum atomic E-state index is 11.7. The molecule has 0 spiro atoms. The van der Waals surface area contributed by atoms with Crippen LogP contribution in [0, 0.1) is 5.92 Å². The number of anilines is 1. The monoisotopic (exact) mass is 426 g/mol. The summed E-state index contributed by atoms with van der Waals surface area (Å²) < 4.78 is 0. The summed E-state index contributed by atoms with van der Waals surface area (Å²) in [5.41, 5.74) is 13.1. The summed E-state index contributed by atoms with van der Waals surface area (Å²) in [5, 5.41) is 10.7. The number of nitrogens with zero attached hydrogens (tertiary/aromatic N) is 2. The molecule has 2 aromatic heterocycles. The van der Waals surface area contributed by atoms with Crippen molar-refractivity contribution in [3.63, 3.8) is 0 Å². The molecule has 27 heavy (non-hydrogen) atoms. The molecule has 6 nitrogen and oxygen atoms in total. The summed E-state index contributed by atoms with van der Waals surface area (Å²) in [7, 11) is 0. The molecule has 0 saturated heterocycles. The van der Waals surface area contributed by atoms with Gasteiger partial charge in [-0.3, -0.25) is 4.79 Å². The summed E-state index contributed by atoms with van der Waals surface area (Å²) in [6, 6.07) is 5.13. The van der Waals surface area contributed by atoms with Crippen molar-refractivity contribution in [3.8, 4) is 11.3 Å². The third-order valence-electron chi connectivity index (χ3n) is 3.89. The Balaban J connectivity index is 0.00000261. The van der Waals surface area contributed by atoms with Gasteiger partial charge in [-0.25, -0.2) is 9.97 Å². The molecule has 0 saturated carbocycles. The Morgan fingerprint density at radius 1 is 1.30 bits per heavy atom. The number of nitrogens with two attached hydrogens (primary N) is 2. The van der Waals surface area contributed by atoms with Gasteiger partial charge in [-0.1, -0.05) is 43.6 Å². The average Bonchev–Trinajstić information content (AvgIpc) is 2.93. The molecule has 3 aromatic rings. The van der Waals surface area contributed by atoms with Crippen LogP contribution in [0.2, 0.25) is 10.0 Å². The molecule has 0 aliphatic heterocycles. The third kappa shape index (κ3) is 4.16. The topological polar surface area (TPSA) is 115 Å². The largest absolute Gasteiger partial charge is 0.397 e. The number of fused-ring (bicyclic) bond motifs is 1. The van der Waals surface area contributed by atoms with Crippen molar-refractivity contribution in [2.75, 3.05) is 12.3 Å². The Hall–Kier alpha value is -1.93. The first-order valence-corrected chi connectivity index (χ1v) is 9.34. The van der Waals surface area contributed by atoms with E-state index in [-0.39, 0.29) is 30.5 Å². The van der Waals surface area contributed by atoms with Crippen LogP contribution in [0.15, 0.2) is 18.2 Å². The van der Waals surface area contributed by atoms with Gasteiger partial charge in [0.1, 0.15) is 15.5 Å². The molecule has 2 heterocycles. The van der Waals surface area contributed by atoms with E-state index >= 15 is 0 Å². The molecule has 0 unspecified atom stereocenters. The summed E-state index contributed by atoms with van der Waals surface area (Å²) in [4.78, 5) is 21.6. The van der Waals surface area contributed by atoms with Gasteiger partial charge in [-0.2, -0.15) is 0 Å². The minimum atomic E-state index is -0.615. The molecule has 144 valence electrons. The first-order valence-electron chi connectivity index (χ1n) is 7.76. The number of aromatic nitrogens is 2. The fraction of sp³-hybridized carbons (Fsp3) is 0.278. The highest BCUT2D eigenvalue weighted by atomic mass is 35.5. The quantitative estimate of drug-likeness (QED) is 0.566. The number of hydrogen-bond acceptors (Lipinski definition) is 6. The molecule has 1 aromatic carbocycles. The molecule has 1 amide bonds. The van der Waals surface area contributed by atoms with Crippen molar-refractivity contribution in [2.24, 2.45) is 11.7 Å². The lowest BCUT2D eigenvalue weighted by atomic mass is 10.1. The van der Waals surface area contributed by atoms with Crippen molar-refractivity contribution in [3.05, 3.63) is 38.9 Å². The Morgan fingerprint density at radius 2 is 2.00 bits per heavy atom. The van der Waals surface area contributed by atoms with E-state index in [0.29, 0.717) is 43.8 Å². The second-order valence-corrected chi connectivity index (χ2v) is 7.81. The van der Waals surface area contributed by atoms with E-state index in [1.165, 1.54) is 0 Å². The van der Waals surface area contributed by atoms with Crippen LogP contribution < -0.4 is 11.5 Å². The van der Waals surface area contributed by atoms with Crippen molar-refractivity contribution < 1.29 is 9.90 Å². The number of halogens is 2. The Kier molecular flexibility index (Phi) is 6.64. The van der Waals surface area contributed by atoms with Crippen LogP contribution in [0.25, 0.3) is 21.5 Å². The number of nitrogen functional groups attached to an aromatic ring is 1. The minimum absolute atomic E-state index is 0. The van der Waals surface area contributed by atoms with Crippen LogP contribution >= 0.6 is 34.5 Å². The molecule has 0 radical (unpaired) electrons. The van der Waals surface area contributed by atoms with Gasteiger partial charge in [-0.05, 0) is 18.1 Å². The van der Waals surface area contributed by atoms with Gasteiger partial charge < -0.3 is 16.6 Å². The van der Waals surface area contributed by atoms with Gasteiger partial charge in [0.05, 0.1) is 26.8 Å². The summed E-state index contributed by atoms with van der Waals surface area (Å²) in [5.74, 6) is -0.0877. The van der Waals surface area contributed by atoms with Gasteiger partial charge >= 0.3 is 0 Å². The number of rotatable bonds is 5. The van der Waals surface area contributed by atoms with Gasteiger partial charge in [0.2, 0.25) is 0 Å². The number of primary amides is 1. The fourth-order valence-corrected chi connectivity index (χ4v) is 3.83. The SMILES string of the molecule is C.C[C@@H](CO)Cc1nc(-c2ccc(Cl)c(Cl)c2)c2c(N)c(C(N)=O)sc2n1. The Labute approximate surface area is 171 Å². The van der Waals surface area contributed by atoms with E-state index in [1.54, 1.807) is 18.2 Å². The van der Waals surface area contributed by atoms with E-state index in [2.05, 4.69) is 9.97 Å². The Bertz CT molecular complexity index is 1010. The van der Waals surface area contributed by atoms with Crippen LogP contribution in [-0.2, 0) is 6.42 Å². The lowest BCUT2D eigenvalue weighted by Gasteiger charge is -2.10. The van der Waals surface area contributed by atoms with Crippen molar-refractivity contribution in [2.45, 2.75) is 20.8 Å². The maximum Gasteiger partial charge on any atom is 0.260 e. The summed E-state index contributed by atoms with van der Waals surface area (Å²) in [6.45, 7) is 1.91. The highest BCUT2D eigenvalue weighted by Gasteiger charge is 2.21. The van der Waals surface area contributed by atoms with Crippen LogP contribution in [0.3, 0.4) is 0 Å². The molecular formula is C18H20Cl2N4O2S. The summed E-state index contributed by atoms with van der Waals surface area (Å²) >= 11 is 13.3. The summed E-state index contributed by atoms with van der Waals surface area (Å²) in [6.07, 6.45) is 0.477. The van der Waals surface area contributed by atoms with Gasteiger partial charge in [-0.15, -0.1) is 11.3 Å². The zero-order valence-electron chi connectivity index (χ0n) is 13.8. The van der Waals surface area contributed by atoms with E-state index in [0.717, 1.165) is 11.3 Å². The number of aliphatic hydroxyl groups is 1. The number of aliphatic hydroxyl groups excluding tert-OH is 1. The first kappa shape index (κ1) is 21.4. The Morgan fingerprint density at radius 3 is 2.59 bits per heavy atom. The predicted octanol–water partition coefficient (Wildman–Crippen LogP) is 4.15. The lowest BCUT2D eigenvalue weighted by Crippen LogP contribution is -2.10. The highest BCUT2D eigenvalue weighted by Crippen LogP contribution is 2.39. The average molecular weight is 427 g/mol. The number of benzene rings is 1. The first-order chi connectivity index (χ1) is 12.3. The number of carbonyl (C=O) groups is 1. The van der Waals surface area contributed by atoms with Crippen molar-refractivity contribution >= 4 is 56.3 Å². The molecule has 9 heteroatoms. The molecule has 0 aliphatic carbocycles. The number of hydrogen-bond donors (Lipinski definition) is 3. The second-order valence-electron chi connectivity index (χ2n) is 6.00. The van der Waals surface area contributed by atoms with Gasteiger partial charge in [0.25, 0.3) is 5.91 Å². The number of thiophene rings is 1. The van der Waals surface area contributed by atoms with Crippen molar-refractivity contribution in [1.82, 2.24) is 9.97 Å². The normalized spacial score (nSPS) is 12.0. The molecule has 0 aliphatic rings. The molecule has 5 N–H and O–H groups in total. The standard InChI is InChI=1S/C17H16Cl2N4O2S.CH4/c1-7(6-24)4-11-22-14(8-2-3-9(18)10(19)5-8)12-13(20)15(16(21)25)26-17(12)23-11;/h2-3,5,7,24H,4,6,20H2,1H3,(H2,21,25);1H4/t7-;/m1./s1. The second kappa shape index (κ2) is 8.39. The zero-order chi connectivity index (χ0) is 19.0. The molecule has 0 bridgehead atoms. The maximum absolute atomic E-state index is 11.7. The van der Waals surface area contributed by atoms with E-state index in [4.69, 9.17) is 34.7 Å². The molecule has 3 rings (SSSR count). The number of carbonyl (C=O) groups excluding carboxylic acids is 1. The highest BCUT2D eigenvalue weighted by molar-refractivity contribution is 7.21. The lowest BCUT2D eigenvalue weighted by molar-refractivity contribution is 0.100. The van der Waals surface area contributed by atoms with Crippen LogP contribution in [0.4, 0.5) is 5.69 Å². The van der Waals surface area contributed by atoms with Crippen LogP contribution in [0.5, 0.6) is 0 Å². The van der Waals surface area contributed by atoms with Gasteiger partial charge in [0, 0.05) is 18.6 Å². The van der Waals surface area contributed by atoms with E-state index in [9.17, 15) is 9.90 Å². The van der Waals surface area contributed by atoms with E-state index in [1.807, 2.05) is 6.92 Å². The predicted molar refractivity (Wildman–Crippen MR) is 112 cm³/mol. The minimum Gasteiger partial charge on any atom is -0.397 e.